The first kappa shape index (κ1) is 17.3. The van der Waals surface area contributed by atoms with E-state index in [1.165, 1.54) is 17.3 Å². The first-order valence-electron chi connectivity index (χ1n) is 8.18. The SMILES string of the molecule is Cc1cnc2c(S(=O)(=O)NCc3cccnc3-n3cncn3)cccc2c1. The minimum absolute atomic E-state index is 0.0631. The molecule has 8 nitrogen and oxygen atoms in total. The fraction of sp³-hybridized carbons (Fsp3) is 0.111. The molecule has 9 heteroatoms. The average Bonchev–Trinajstić information content (AvgIpc) is 3.20. The number of hydrogen-bond donors (Lipinski definition) is 1. The highest BCUT2D eigenvalue weighted by Gasteiger charge is 2.19. The van der Waals surface area contributed by atoms with E-state index in [9.17, 15) is 8.42 Å². The third-order valence-electron chi connectivity index (χ3n) is 4.06. The molecule has 0 aliphatic rings. The Morgan fingerprint density at radius 2 is 2.04 bits per heavy atom. The van der Waals surface area contributed by atoms with Gasteiger partial charge in [0.15, 0.2) is 5.82 Å². The van der Waals surface area contributed by atoms with Crippen molar-refractivity contribution in [3.05, 3.63) is 72.6 Å². The Balaban J connectivity index is 1.66. The van der Waals surface area contributed by atoms with Crippen molar-refractivity contribution < 1.29 is 8.42 Å². The molecule has 0 fully saturated rings. The number of nitrogens with one attached hydrogen (secondary N) is 1. The van der Waals surface area contributed by atoms with Crippen LogP contribution in [0.5, 0.6) is 0 Å². The standard InChI is InChI=1S/C18H16N6O2S/c1-13-8-14-4-2-6-16(17(14)21-9-13)27(25,26)23-10-15-5-3-7-20-18(15)24-12-19-11-22-24/h2-9,11-12,23H,10H2,1H3. The van der Waals surface area contributed by atoms with Crippen LogP contribution in [0.15, 0.2) is 66.3 Å². The number of pyridine rings is 2. The monoisotopic (exact) mass is 380 g/mol. The van der Waals surface area contributed by atoms with Crippen molar-refractivity contribution in [3.8, 4) is 5.82 Å². The molecule has 0 atom stereocenters. The molecule has 0 saturated heterocycles. The quantitative estimate of drug-likeness (QED) is 0.568. The third-order valence-corrected chi connectivity index (χ3v) is 5.49. The molecule has 1 N–H and O–H groups in total. The second kappa shape index (κ2) is 6.86. The maximum absolute atomic E-state index is 12.9. The van der Waals surface area contributed by atoms with Gasteiger partial charge in [0.2, 0.25) is 10.0 Å². The molecular weight excluding hydrogens is 364 g/mol. The van der Waals surface area contributed by atoms with E-state index < -0.39 is 10.0 Å². The van der Waals surface area contributed by atoms with Gasteiger partial charge in [-0.1, -0.05) is 18.2 Å². The number of rotatable bonds is 5. The van der Waals surface area contributed by atoms with Crippen molar-refractivity contribution >= 4 is 20.9 Å². The van der Waals surface area contributed by atoms with E-state index in [1.807, 2.05) is 19.1 Å². The molecule has 0 amide bonds. The number of benzene rings is 1. The van der Waals surface area contributed by atoms with Gasteiger partial charge in [-0.25, -0.2) is 27.8 Å². The minimum atomic E-state index is -3.77. The first-order valence-corrected chi connectivity index (χ1v) is 9.67. The van der Waals surface area contributed by atoms with Gasteiger partial charge < -0.3 is 0 Å². The average molecular weight is 380 g/mol. The molecule has 0 radical (unpaired) electrons. The lowest BCUT2D eigenvalue weighted by Crippen LogP contribution is -2.24. The van der Waals surface area contributed by atoms with E-state index in [4.69, 9.17) is 0 Å². The summed E-state index contributed by atoms with van der Waals surface area (Å²) in [6, 6.07) is 10.5. The molecular formula is C18H16N6O2S. The molecule has 3 heterocycles. The summed E-state index contributed by atoms with van der Waals surface area (Å²) in [5.74, 6) is 0.518. The van der Waals surface area contributed by atoms with E-state index >= 15 is 0 Å². The minimum Gasteiger partial charge on any atom is -0.255 e. The normalized spacial score (nSPS) is 11.7. The van der Waals surface area contributed by atoms with Gasteiger partial charge in [0, 0.05) is 29.9 Å². The van der Waals surface area contributed by atoms with Crippen LogP contribution in [-0.2, 0) is 16.6 Å². The van der Waals surface area contributed by atoms with E-state index in [2.05, 4.69) is 24.8 Å². The van der Waals surface area contributed by atoms with Crippen LogP contribution in [0.1, 0.15) is 11.1 Å². The lowest BCUT2D eigenvalue weighted by atomic mass is 10.2. The largest absolute Gasteiger partial charge is 0.255 e. The lowest BCUT2D eigenvalue weighted by molar-refractivity contribution is 0.581. The summed E-state index contributed by atoms with van der Waals surface area (Å²) in [6.45, 7) is 1.98. The lowest BCUT2D eigenvalue weighted by Gasteiger charge is -2.11. The van der Waals surface area contributed by atoms with E-state index in [1.54, 1.807) is 36.7 Å². The van der Waals surface area contributed by atoms with Gasteiger partial charge in [-0.3, -0.25) is 4.98 Å². The van der Waals surface area contributed by atoms with E-state index in [-0.39, 0.29) is 11.4 Å². The highest BCUT2D eigenvalue weighted by molar-refractivity contribution is 7.89. The number of fused-ring (bicyclic) bond motifs is 1. The Bertz CT molecular complexity index is 1210. The zero-order valence-electron chi connectivity index (χ0n) is 14.4. The number of nitrogens with zero attached hydrogens (tertiary/aromatic N) is 5. The fourth-order valence-electron chi connectivity index (χ4n) is 2.80. The van der Waals surface area contributed by atoms with Crippen LogP contribution in [0.2, 0.25) is 0 Å². The maximum Gasteiger partial charge on any atom is 0.243 e. The number of hydrogen-bond acceptors (Lipinski definition) is 6. The summed E-state index contributed by atoms with van der Waals surface area (Å²) < 4.78 is 29.9. The topological polar surface area (TPSA) is 103 Å². The van der Waals surface area contributed by atoms with Gasteiger partial charge >= 0.3 is 0 Å². The van der Waals surface area contributed by atoms with Crippen LogP contribution in [0.25, 0.3) is 16.7 Å². The van der Waals surface area contributed by atoms with Gasteiger partial charge in [-0.2, -0.15) is 5.10 Å². The van der Waals surface area contributed by atoms with E-state index in [0.717, 1.165) is 10.9 Å². The number of sulfonamides is 1. The van der Waals surface area contributed by atoms with E-state index in [0.29, 0.717) is 16.9 Å². The maximum atomic E-state index is 12.9. The Hall–Kier alpha value is -3.17. The molecule has 0 unspecified atom stereocenters. The van der Waals surface area contributed by atoms with Crippen molar-refractivity contribution in [2.75, 3.05) is 0 Å². The summed E-state index contributed by atoms with van der Waals surface area (Å²) in [4.78, 5) is 12.6. The Labute approximate surface area is 156 Å². The Morgan fingerprint density at radius 1 is 1.15 bits per heavy atom. The van der Waals surface area contributed by atoms with Crippen LogP contribution in [0.3, 0.4) is 0 Å². The molecule has 27 heavy (non-hydrogen) atoms. The van der Waals surface area contributed by atoms with Crippen LogP contribution in [0.4, 0.5) is 0 Å². The predicted molar refractivity (Wildman–Crippen MR) is 99.7 cm³/mol. The molecule has 0 aliphatic carbocycles. The predicted octanol–water partition coefficient (Wildman–Crippen LogP) is 2.00. The van der Waals surface area contributed by atoms with Crippen LogP contribution in [-0.4, -0.2) is 33.2 Å². The van der Waals surface area contributed by atoms with Crippen molar-refractivity contribution in [1.82, 2.24) is 29.5 Å². The molecule has 4 rings (SSSR count). The molecule has 4 aromatic rings. The molecule has 0 spiro atoms. The Kier molecular flexibility index (Phi) is 4.38. The van der Waals surface area contributed by atoms with Gasteiger partial charge in [-0.15, -0.1) is 0 Å². The molecule has 136 valence electrons. The smallest absolute Gasteiger partial charge is 0.243 e. The van der Waals surface area contributed by atoms with Crippen molar-refractivity contribution in [3.63, 3.8) is 0 Å². The summed E-state index contributed by atoms with van der Waals surface area (Å²) in [5.41, 5.74) is 2.09. The van der Waals surface area contributed by atoms with Crippen molar-refractivity contribution in [2.24, 2.45) is 0 Å². The second-order valence-electron chi connectivity index (χ2n) is 5.99. The first-order chi connectivity index (χ1) is 13.0. The molecule has 0 bridgehead atoms. The van der Waals surface area contributed by atoms with Crippen molar-refractivity contribution in [1.29, 1.82) is 0 Å². The molecule has 3 aromatic heterocycles. The van der Waals surface area contributed by atoms with Crippen molar-refractivity contribution in [2.45, 2.75) is 18.4 Å². The zero-order valence-corrected chi connectivity index (χ0v) is 15.3. The third kappa shape index (κ3) is 3.42. The van der Waals surface area contributed by atoms with Crippen LogP contribution >= 0.6 is 0 Å². The summed E-state index contributed by atoms with van der Waals surface area (Å²) in [7, 11) is -3.77. The summed E-state index contributed by atoms with van der Waals surface area (Å²) in [5, 5.41) is 4.83. The second-order valence-corrected chi connectivity index (χ2v) is 7.73. The molecule has 1 aromatic carbocycles. The van der Waals surface area contributed by atoms with Gasteiger partial charge in [-0.05, 0) is 30.7 Å². The number of para-hydroxylation sites is 1. The molecule has 0 saturated carbocycles. The highest BCUT2D eigenvalue weighted by atomic mass is 32.2. The van der Waals surface area contributed by atoms with Gasteiger partial charge in [0.25, 0.3) is 0 Å². The number of aryl methyl sites for hydroxylation is 1. The summed E-state index contributed by atoms with van der Waals surface area (Å²) in [6.07, 6.45) is 6.18. The fourth-order valence-corrected chi connectivity index (χ4v) is 3.99. The Morgan fingerprint density at radius 3 is 2.85 bits per heavy atom. The highest BCUT2D eigenvalue weighted by Crippen LogP contribution is 2.22. The van der Waals surface area contributed by atoms with Crippen LogP contribution in [0, 0.1) is 6.92 Å². The zero-order chi connectivity index (χ0) is 18.9. The van der Waals surface area contributed by atoms with Gasteiger partial charge in [0.05, 0.1) is 5.52 Å². The number of aromatic nitrogens is 5. The summed E-state index contributed by atoms with van der Waals surface area (Å²) >= 11 is 0. The van der Waals surface area contributed by atoms with Crippen LogP contribution < -0.4 is 4.72 Å². The molecule has 0 aliphatic heterocycles. The van der Waals surface area contributed by atoms with Gasteiger partial charge in [0.1, 0.15) is 17.6 Å².